The molecule has 1 aromatic rings. The first kappa shape index (κ1) is 16.5. The van der Waals surface area contributed by atoms with Crippen LogP contribution in [0.1, 0.15) is 42.5 Å². The maximum atomic E-state index is 13.9. The minimum Gasteiger partial charge on any atom is -0.334 e. The summed E-state index contributed by atoms with van der Waals surface area (Å²) in [5.74, 6) is -1.85. The van der Waals surface area contributed by atoms with E-state index in [1.807, 2.05) is 0 Å². The predicted octanol–water partition coefficient (Wildman–Crippen LogP) is 4.63. The zero-order valence-electron chi connectivity index (χ0n) is 11.5. The molecule has 21 heavy (non-hydrogen) atoms. The van der Waals surface area contributed by atoms with Gasteiger partial charge in [-0.2, -0.15) is 0 Å². The lowest BCUT2D eigenvalue weighted by molar-refractivity contribution is 0.0644. The summed E-state index contributed by atoms with van der Waals surface area (Å²) in [5.41, 5.74) is -0.285. The van der Waals surface area contributed by atoms with E-state index in [1.165, 1.54) is 0 Å². The summed E-state index contributed by atoms with van der Waals surface area (Å²) in [6.07, 6.45) is 4.96. The first-order valence-corrected chi connectivity index (χ1v) is 7.97. The highest BCUT2D eigenvalue weighted by Gasteiger charge is 2.28. The molecular formula is C15H17Cl2F2NO. The Morgan fingerprint density at radius 2 is 1.86 bits per heavy atom. The molecule has 1 amide bonds. The SMILES string of the molecule is O=C(c1cc(F)c(Cl)cc1F)N(CCCl)C1CCCCC1. The molecule has 0 unspecified atom stereocenters. The molecule has 0 saturated heterocycles. The van der Waals surface area contributed by atoms with Crippen LogP contribution in [0, 0.1) is 11.6 Å². The van der Waals surface area contributed by atoms with E-state index in [0.717, 1.165) is 44.2 Å². The first-order valence-electron chi connectivity index (χ1n) is 7.06. The average Bonchev–Trinajstić information content (AvgIpc) is 2.49. The first-order chi connectivity index (χ1) is 10.0. The number of carbonyl (C=O) groups excluding carboxylic acids is 1. The van der Waals surface area contributed by atoms with Crippen molar-refractivity contribution in [1.29, 1.82) is 0 Å². The third kappa shape index (κ3) is 3.86. The summed E-state index contributed by atoms with van der Waals surface area (Å²) in [6.45, 7) is 0.328. The molecule has 0 N–H and O–H groups in total. The highest BCUT2D eigenvalue weighted by Crippen LogP contribution is 2.26. The quantitative estimate of drug-likeness (QED) is 0.580. The number of hydrogen-bond donors (Lipinski definition) is 0. The largest absolute Gasteiger partial charge is 0.334 e. The van der Waals surface area contributed by atoms with Gasteiger partial charge < -0.3 is 4.90 Å². The monoisotopic (exact) mass is 335 g/mol. The van der Waals surface area contributed by atoms with Gasteiger partial charge in [0.15, 0.2) is 0 Å². The smallest absolute Gasteiger partial charge is 0.257 e. The van der Waals surface area contributed by atoms with Crippen LogP contribution in [0.3, 0.4) is 0 Å². The molecule has 116 valence electrons. The molecular weight excluding hydrogens is 319 g/mol. The lowest BCUT2D eigenvalue weighted by Gasteiger charge is -2.34. The van der Waals surface area contributed by atoms with Gasteiger partial charge in [-0.1, -0.05) is 30.9 Å². The van der Waals surface area contributed by atoms with E-state index >= 15 is 0 Å². The molecule has 0 radical (unpaired) electrons. The van der Waals surface area contributed by atoms with Crippen molar-refractivity contribution in [3.8, 4) is 0 Å². The van der Waals surface area contributed by atoms with E-state index in [-0.39, 0.29) is 22.5 Å². The summed E-state index contributed by atoms with van der Waals surface area (Å²) in [5, 5.41) is -0.328. The standard InChI is InChI=1S/C15H17Cl2F2NO/c16-6-7-20(10-4-2-1-3-5-10)15(21)11-8-14(19)12(17)9-13(11)18/h8-10H,1-7H2. The molecule has 0 atom stereocenters. The van der Waals surface area contributed by atoms with E-state index in [9.17, 15) is 13.6 Å². The van der Waals surface area contributed by atoms with Gasteiger partial charge in [0, 0.05) is 18.5 Å². The number of benzene rings is 1. The Bertz CT molecular complexity index is 519. The van der Waals surface area contributed by atoms with E-state index in [4.69, 9.17) is 23.2 Å². The number of halogens is 4. The maximum absolute atomic E-state index is 13.9. The highest BCUT2D eigenvalue weighted by atomic mass is 35.5. The van der Waals surface area contributed by atoms with Crippen LogP contribution in [0.4, 0.5) is 8.78 Å². The fraction of sp³-hybridized carbons (Fsp3) is 0.533. The molecule has 0 bridgehead atoms. The molecule has 6 heteroatoms. The Hall–Kier alpha value is -0.870. The van der Waals surface area contributed by atoms with Crippen LogP contribution in [0.25, 0.3) is 0 Å². The Balaban J connectivity index is 2.27. The van der Waals surface area contributed by atoms with Crippen LogP contribution in [-0.4, -0.2) is 29.3 Å². The van der Waals surface area contributed by atoms with E-state index in [2.05, 4.69) is 0 Å². The maximum Gasteiger partial charge on any atom is 0.257 e. The molecule has 0 spiro atoms. The van der Waals surface area contributed by atoms with Crippen molar-refractivity contribution in [2.24, 2.45) is 0 Å². The zero-order valence-corrected chi connectivity index (χ0v) is 13.1. The van der Waals surface area contributed by atoms with Gasteiger partial charge in [0.1, 0.15) is 11.6 Å². The molecule has 0 aromatic heterocycles. The zero-order chi connectivity index (χ0) is 15.4. The summed E-state index contributed by atoms with van der Waals surface area (Å²) < 4.78 is 27.4. The van der Waals surface area contributed by atoms with Crippen molar-refractivity contribution >= 4 is 29.1 Å². The summed E-state index contributed by atoms with van der Waals surface area (Å²) in [4.78, 5) is 14.1. The van der Waals surface area contributed by atoms with Gasteiger partial charge in [-0.3, -0.25) is 4.79 Å². The number of hydrogen-bond acceptors (Lipinski definition) is 1. The minimum absolute atomic E-state index is 0.0446. The van der Waals surface area contributed by atoms with Crippen molar-refractivity contribution in [1.82, 2.24) is 4.90 Å². The van der Waals surface area contributed by atoms with Gasteiger partial charge in [0.2, 0.25) is 0 Å². The van der Waals surface area contributed by atoms with Crippen molar-refractivity contribution in [3.63, 3.8) is 0 Å². The topological polar surface area (TPSA) is 20.3 Å². The lowest BCUT2D eigenvalue weighted by Crippen LogP contribution is -2.43. The van der Waals surface area contributed by atoms with Crippen LogP contribution in [0.15, 0.2) is 12.1 Å². The summed E-state index contributed by atoms with van der Waals surface area (Å²) >= 11 is 11.3. The van der Waals surface area contributed by atoms with Crippen LogP contribution in [0.5, 0.6) is 0 Å². The van der Waals surface area contributed by atoms with Crippen LogP contribution in [0.2, 0.25) is 5.02 Å². The van der Waals surface area contributed by atoms with Gasteiger partial charge >= 0.3 is 0 Å². The Morgan fingerprint density at radius 1 is 1.19 bits per heavy atom. The van der Waals surface area contributed by atoms with Gasteiger partial charge in [-0.25, -0.2) is 8.78 Å². The molecule has 0 heterocycles. The fourth-order valence-corrected chi connectivity index (χ4v) is 3.11. The second-order valence-electron chi connectivity index (χ2n) is 5.23. The molecule has 1 fully saturated rings. The molecule has 0 aliphatic heterocycles. The third-order valence-electron chi connectivity index (χ3n) is 3.84. The Morgan fingerprint density at radius 3 is 2.48 bits per heavy atom. The number of rotatable bonds is 4. The molecule has 1 aliphatic carbocycles. The van der Waals surface area contributed by atoms with Crippen LogP contribution in [-0.2, 0) is 0 Å². The van der Waals surface area contributed by atoms with E-state index < -0.39 is 17.5 Å². The van der Waals surface area contributed by atoms with Gasteiger partial charge in [-0.05, 0) is 25.0 Å². The minimum atomic E-state index is -0.804. The number of nitrogens with zero attached hydrogens (tertiary/aromatic N) is 1. The average molecular weight is 336 g/mol. The van der Waals surface area contributed by atoms with E-state index in [0.29, 0.717) is 6.54 Å². The van der Waals surface area contributed by atoms with Gasteiger partial charge in [-0.15, -0.1) is 11.6 Å². The second-order valence-corrected chi connectivity index (χ2v) is 6.01. The van der Waals surface area contributed by atoms with Crippen molar-refractivity contribution < 1.29 is 13.6 Å². The van der Waals surface area contributed by atoms with Crippen molar-refractivity contribution in [2.75, 3.05) is 12.4 Å². The summed E-state index contributed by atoms with van der Waals surface area (Å²) in [6, 6.07) is 1.75. The van der Waals surface area contributed by atoms with Crippen LogP contribution >= 0.6 is 23.2 Å². The molecule has 1 aliphatic rings. The van der Waals surface area contributed by atoms with Crippen molar-refractivity contribution in [3.05, 3.63) is 34.4 Å². The normalized spacial score (nSPS) is 16.0. The van der Waals surface area contributed by atoms with Crippen LogP contribution < -0.4 is 0 Å². The fourth-order valence-electron chi connectivity index (χ4n) is 2.77. The lowest BCUT2D eigenvalue weighted by atomic mass is 9.93. The second kappa shape index (κ2) is 7.41. The number of alkyl halides is 1. The Labute approximate surface area is 133 Å². The molecule has 1 saturated carbocycles. The number of amides is 1. The van der Waals surface area contributed by atoms with Gasteiger partial charge in [0.05, 0.1) is 10.6 Å². The van der Waals surface area contributed by atoms with Gasteiger partial charge in [0.25, 0.3) is 5.91 Å². The Kier molecular flexibility index (Phi) is 5.82. The number of carbonyl (C=O) groups is 1. The van der Waals surface area contributed by atoms with Crippen molar-refractivity contribution in [2.45, 2.75) is 38.1 Å². The predicted molar refractivity (Wildman–Crippen MR) is 80.0 cm³/mol. The molecule has 2 rings (SSSR count). The third-order valence-corrected chi connectivity index (χ3v) is 4.30. The molecule has 1 aromatic carbocycles. The van der Waals surface area contributed by atoms with E-state index in [1.54, 1.807) is 4.90 Å². The molecule has 2 nitrogen and oxygen atoms in total. The summed E-state index contributed by atoms with van der Waals surface area (Å²) in [7, 11) is 0. The highest BCUT2D eigenvalue weighted by molar-refractivity contribution is 6.30.